The van der Waals surface area contributed by atoms with E-state index in [4.69, 9.17) is 14.7 Å². The molecule has 0 aliphatic rings. The van der Waals surface area contributed by atoms with E-state index < -0.39 is 11.7 Å². The van der Waals surface area contributed by atoms with Crippen LogP contribution in [-0.4, -0.2) is 30.9 Å². The summed E-state index contributed by atoms with van der Waals surface area (Å²) >= 11 is 0. The third-order valence-electron chi connectivity index (χ3n) is 2.81. The van der Waals surface area contributed by atoms with Crippen molar-refractivity contribution in [3.8, 4) is 11.8 Å². The Morgan fingerprint density at radius 3 is 2.78 bits per heavy atom. The number of carbonyl (C=O) groups excluding carboxylic acids is 1. The molecule has 2 N–H and O–H groups in total. The van der Waals surface area contributed by atoms with E-state index in [1.807, 2.05) is 58.0 Å². The average molecular weight is 319 g/mol. The fourth-order valence-electron chi connectivity index (χ4n) is 1.78. The van der Waals surface area contributed by atoms with Gasteiger partial charge in [0.1, 0.15) is 17.4 Å². The number of ether oxygens (including phenoxy) is 2. The third-order valence-corrected chi connectivity index (χ3v) is 2.81. The molecule has 0 heterocycles. The first-order valence-corrected chi connectivity index (χ1v) is 7.59. The van der Waals surface area contributed by atoms with Crippen molar-refractivity contribution in [1.82, 2.24) is 10.6 Å². The highest BCUT2D eigenvalue weighted by Crippen LogP contribution is 2.13. The third kappa shape index (κ3) is 8.69. The van der Waals surface area contributed by atoms with Gasteiger partial charge in [0.2, 0.25) is 0 Å². The van der Waals surface area contributed by atoms with Gasteiger partial charge in [-0.05, 0) is 45.4 Å². The van der Waals surface area contributed by atoms with Gasteiger partial charge >= 0.3 is 6.09 Å². The van der Waals surface area contributed by atoms with Gasteiger partial charge in [-0.25, -0.2) is 4.79 Å². The van der Waals surface area contributed by atoms with Gasteiger partial charge in [-0.2, -0.15) is 5.26 Å². The fraction of sp³-hybridized carbons (Fsp3) is 0.529. The zero-order valence-electron chi connectivity index (χ0n) is 14.2. The van der Waals surface area contributed by atoms with Crippen LogP contribution in [0.5, 0.6) is 5.75 Å². The van der Waals surface area contributed by atoms with Gasteiger partial charge in [0, 0.05) is 19.1 Å². The van der Waals surface area contributed by atoms with E-state index in [0.717, 1.165) is 5.56 Å². The maximum absolute atomic E-state index is 11.6. The highest BCUT2D eigenvalue weighted by atomic mass is 16.6. The first-order chi connectivity index (χ1) is 10.8. The van der Waals surface area contributed by atoms with Crippen LogP contribution in [0.1, 0.15) is 33.3 Å². The number of hydrogen-bond donors (Lipinski definition) is 2. The molecule has 23 heavy (non-hydrogen) atoms. The number of hydrogen-bond acceptors (Lipinski definition) is 5. The van der Waals surface area contributed by atoms with Crippen molar-refractivity contribution in [1.29, 1.82) is 5.26 Å². The standard InChI is InChI=1S/C17H25N3O3/c1-13(11-20-16(21)23-17(2,3)4)19-12-14-6-5-7-15(10-14)22-9-8-18/h5-7,10,13,19H,9,11-12H2,1-4H3,(H,20,21). The average Bonchev–Trinajstić information content (AvgIpc) is 2.47. The molecule has 1 atom stereocenters. The van der Waals surface area contributed by atoms with Crippen LogP contribution >= 0.6 is 0 Å². The lowest BCUT2D eigenvalue weighted by Gasteiger charge is -2.21. The van der Waals surface area contributed by atoms with Crippen molar-refractivity contribution >= 4 is 6.09 Å². The van der Waals surface area contributed by atoms with Gasteiger partial charge < -0.3 is 20.1 Å². The smallest absolute Gasteiger partial charge is 0.407 e. The molecular formula is C17H25N3O3. The van der Waals surface area contributed by atoms with Crippen LogP contribution in [0, 0.1) is 11.3 Å². The van der Waals surface area contributed by atoms with Crippen LogP contribution < -0.4 is 15.4 Å². The number of amides is 1. The molecule has 1 amide bonds. The number of nitrogens with zero attached hydrogens (tertiary/aromatic N) is 1. The van der Waals surface area contributed by atoms with Crippen molar-refractivity contribution < 1.29 is 14.3 Å². The van der Waals surface area contributed by atoms with E-state index in [2.05, 4.69) is 10.6 Å². The molecule has 0 saturated carbocycles. The lowest BCUT2D eigenvalue weighted by atomic mass is 10.2. The first kappa shape index (κ1) is 18.8. The number of nitrogens with one attached hydrogen (secondary N) is 2. The van der Waals surface area contributed by atoms with E-state index in [-0.39, 0.29) is 12.6 Å². The van der Waals surface area contributed by atoms with Crippen LogP contribution in [-0.2, 0) is 11.3 Å². The van der Waals surface area contributed by atoms with Crippen LogP contribution in [0.2, 0.25) is 0 Å². The lowest BCUT2D eigenvalue weighted by Crippen LogP contribution is -2.40. The summed E-state index contributed by atoms with van der Waals surface area (Å²) < 4.78 is 10.4. The normalized spacial score (nSPS) is 12.1. The van der Waals surface area contributed by atoms with Gasteiger partial charge in [0.15, 0.2) is 6.61 Å². The lowest BCUT2D eigenvalue weighted by molar-refractivity contribution is 0.0523. The monoisotopic (exact) mass is 319 g/mol. The number of alkyl carbamates (subject to hydrolysis) is 1. The molecular weight excluding hydrogens is 294 g/mol. The van der Waals surface area contributed by atoms with Gasteiger partial charge in [-0.1, -0.05) is 12.1 Å². The van der Waals surface area contributed by atoms with Crippen molar-refractivity contribution in [3.05, 3.63) is 29.8 Å². The highest BCUT2D eigenvalue weighted by molar-refractivity contribution is 5.67. The minimum atomic E-state index is -0.495. The highest BCUT2D eigenvalue weighted by Gasteiger charge is 2.16. The summed E-state index contributed by atoms with van der Waals surface area (Å²) in [5.74, 6) is 0.672. The molecule has 0 aliphatic carbocycles. The minimum absolute atomic E-state index is 0.0348. The zero-order chi connectivity index (χ0) is 17.3. The molecule has 0 aliphatic heterocycles. The van der Waals surface area contributed by atoms with Gasteiger partial charge in [0.25, 0.3) is 0 Å². The molecule has 0 saturated heterocycles. The molecule has 6 heteroatoms. The van der Waals surface area contributed by atoms with Crippen LogP contribution in [0.3, 0.4) is 0 Å². The maximum Gasteiger partial charge on any atom is 0.407 e. The molecule has 0 spiro atoms. The van der Waals surface area contributed by atoms with Crippen molar-refractivity contribution in [3.63, 3.8) is 0 Å². The second-order valence-electron chi connectivity index (χ2n) is 6.26. The van der Waals surface area contributed by atoms with E-state index in [0.29, 0.717) is 18.8 Å². The molecule has 0 radical (unpaired) electrons. The summed E-state index contributed by atoms with van der Waals surface area (Å²) in [4.78, 5) is 11.6. The molecule has 1 rings (SSSR count). The Morgan fingerprint density at radius 2 is 2.13 bits per heavy atom. The first-order valence-electron chi connectivity index (χ1n) is 7.59. The Labute approximate surface area is 137 Å². The van der Waals surface area contributed by atoms with Crippen LogP contribution in [0.4, 0.5) is 4.79 Å². The SMILES string of the molecule is CC(CNC(=O)OC(C)(C)C)NCc1cccc(OCC#N)c1. The van der Waals surface area contributed by atoms with Crippen LogP contribution in [0.15, 0.2) is 24.3 Å². The zero-order valence-corrected chi connectivity index (χ0v) is 14.2. The Bertz CT molecular complexity index is 547. The van der Waals surface area contributed by atoms with E-state index in [1.54, 1.807) is 0 Å². The van der Waals surface area contributed by atoms with Gasteiger partial charge in [-0.3, -0.25) is 0 Å². The number of nitriles is 1. The summed E-state index contributed by atoms with van der Waals surface area (Å²) in [5, 5.41) is 14.6. The predicted octanol–water partition coefficient (Wildman–Crippen LogP) is 2.59. The molecule has 1 aromatic carbocycles. The number of rotatable bonds is 7. The predicted molar refractivity (Wildman–Crippen MR) is 88.1 cm³/mol. The number of carbonyl (C=O) groups is 1. The largest absolute Gasteiger partial charge is 0.479 e. The van der Waals surface area contributed by atoms with Gasteiger partial charge in [0.05, 0.1) is 0 Å². The second kappa shape index (κ2) is 9.01. The fourth-order valence-corrected chi connectivity index (χ4v) is 1.78. The van der Waals surface area contributed by atoms with E-state index in [1.165, 1.54) is 0 Å². The molecule has 1 aromatic rings. The summed E-state index contributed by atoms with van der Waals surface area (Å²) in [6.45, 7) is 8.61. The molecule has 0 bridgehead atoms. The molecule has 6 nitrogen and oxygen atoms in total. The molecule has 0 fully saturated rings. The second-order valence-corrected chi connectivity index (χ2v) is 6.26. The Hall–Kier alpha value is -2.26. The topological polar surface area (TPSA) is 83.4 Å². The van der Waals surface area contributed by atoms with Crippen LogP contribution in [0.25, 0.3) is 0 Å². The maximum atomic E-state index is 11.6. The Morgan fingerprint density at radius 1 is 1.39 bits per heavy atom. The van der Waals surface area contributed by atoms with Crippen molar-refractivity contribution in [2.45, 2.75) is 45.9 Å². The van der Waals surface area contributed by atoms with E-state index in [9.17, 15) is 4.79 Å². The van der Waals surface area contributed by atoms with Crippen molar-refractivity contribution in [2.24, 2.45) is 0 Å². The molecule has 1 unspecified atom stereocenters. The summed E-state index contributed by atoms with van der Waals surface area (Å²) in [7, 11) is 0. The molecule has 126 valence electrons. The minimum Gasteiger partial charge on any atom is -0.479 e. The van der Waals surface area contributed by atoms with E-state index >= 15 is 0 Å². The summed E-state index contributed by atoms with van der Waals surface area (Å²) in [5.41, 5.74) is 0.550. The quantitative estimate of drug-likeness (QED) is 0.807. The Balaban J connectivity index is 2.34. The summed E-state index contributed by atoms with van der Waals surface area (Å²) in [6.07, 6.45) is -0.418. The van der Waals surface area contributed by atoms with Gasteiger partial charge in [-0.15, -0.1) is 0 Å². The number of benzene rings is 1. The summed E-state index contributed by atoms with van der Waals surface area (Å²) in [6, 6.07) is 9.58. The molecule has 0 aromatic heterocycles. The van der Waals surface area contributed by atoms with Crippen molar-refractivity contribution in [2.75, 3.05) is 13.2 Å². The Kier molecular flexibility index (Phi) is 7.36.